The standard InChI is InChI=1S/C14H18F2N2OS/c15-14(16)20-12-4-2-1-3-11(12)18-13(19)9-5-7-10(17)8-6-9/h1-4,9-10,14H,5-8,17H2,(H,18,19). The van der Waals surface area contributed by atoms with Gasteiger partial charge in [0.15, 0.2) is 0 Å². The predicted molar refractivity (Wildman–Crippen MR) is 76.9 cm³/mol. The molecular weight excluding hydrogens is 282 g/mol. The van der Waals surface area contributed by atoms with E-state index < -0.39 is 5.76 Å². The first-order valence-electron chi connectivity index (χ1n) is 6.66. The molecule has 1 amide bonds. The van der Waals surface area contributed by atoms with Gasteiger partial charge in [0, 0.05) is 16.9 Å². The number of benzene rings is 1. The van der Waals surface area contributed by atoms with E-state index in [9.17, 15) is 13.6 Å². The zero-order valence-electron chi connectivity index (χ0n) is 11.0. The van der Waals surface area contributed by atoms with Crippen LogP contribution in [0.3, 0.4) is 0 Å². The number of anilines is 1. The molecule has 0 spiro atoms. The van der Waals surface area contributed by atoms with Gasteiger partial charge in [0.05, 0.1) is 5.69 Å². The third-order valence-corrected chi connectivity index (χ3v) is 4.29. The van der Waals surface area contributed by atoms with Gasteiger partial charge in [-0.2, -0.15) is 8.78 Å². The van der Waals surface area contributed by atoms with Crippen LogP contribution < -0.4 is 11.1 Å². The van der Waals surface area contributed by atoms with Crippen LogP contribution in [0.5, 0.6) is 0 Å². The van der Waals surface area contributed by atoms with E-state index in [1.165, 1.54) is 0 Å². The Morgan fingerprint density at radius 3 is 2.55 bits per heavy atom. The molecule has 0 aliphatic heterocycles. The van der Waals surface area contributed by atoms with Crippen LogP contribution in [0.1, 0.15) is 25.7 Å². The van der Waals surface area contributed by atoms with Gasteiger partial charge in [-0.1, -0.05) is 23.9 Å². The van der Waals surface area contributed by atoms with Gasteiger partial charge in [-0.15, -0.1) is 0 Å². The summed E-state index contributed by atoms with van der Waals surface area (Å²) >= 11 is 0.446. The molecule has 0 bridgehead atoms. The lowest BCUT2D eigenvalue weighted by Crippen LogP contribution is -2.32. The van der Waals surface area contributed by atoms with Crippen LogP contribution in [0.2, 0.25) is 0 Å². The number of carbonyl (C=O) groups is 1. The molecule has 0 aromatic heterocycles. The molecule has 6 heteroatoms. The van der Waals surface area contributed by atoms with Crippen molar-refractivity contribution >= 4 is 23.4 Å². The van der Waals surface area contributed by atoms with Crippen LogP contribution in [0.25, 0.3) is 0 Å². The fourth-order valence-corrected chi connectivity index (χ4v) is 2.98. The summed E-state index contributed by atoms with van der Waals surface area (Å²) in [6.45, 7) is 0. The van der Waals surface area contributed by atoms with Crippen LogP contribution in [0, 0.1) is 5.92 Å². The third kappa shape index (κ3) is 4.18. The number of alkyl halides is 2. The molecular formula is C14H18F2N2OS. The van der Waals surface area contributed by atoms with Crippen molar-refractivity contribution in [3.8, 4) is 0 Å². The van der Waals surface area contributed by atoms with Gasteiger partial charge in [0.2, 0.25) is 5.91 Å². The maximum atomic E-state index is 12.5. The lowest BCUT2D eigenvalue weighted by atomic mass is 9.86. The summed E-state index contributed by atoms with van der Waals surface area (Å²) in [6, 6.07) is 6.82. The highest BCUT2D eigenvalue weighted by atomic mass is 32.2. The second-order valence-electron chi connectivity index (χ2n) is 4.98. The molecule has 0 unspecified atom stereocenters. The van der Waals surface area contributed by atoms with Crippen LogP contribution in [0.4, 0.5) is 14.5 Å². The van der Waals surface area contributed by atoms with E-state index in [4.69, 9.17) is 5.73 Å². The van der Waals surface area contributed by atoms with Crippen LogP contribution in [0.15, 0.2) is 29.2 Å². The second kappa shape index (κ2) is 7.04. The molecule has 1 aliphatic carbocycles. The molecule has 1 aliphatic rings. The Labute approximate surface area is 121 Å². The van der Waals surface area contributed by atoms with Gasteiger partial charge in [0.25, 0.3) is 5.76 Å². The number of thioether (sulfide) groups is 1. The summed E-state index contributed by atoms with van der Waals surface area (Å²) in [5, 5.41) is 2.77. The summed E-state index contributed by atoms with van der Waals surface area (Å²) in [6.07, 6.45) is 3.20. The average molecular weight is 300 g/mol. The van der Waals surface area contributed by atoms with Crippen molar-refractivity contribution in [2.75, 3.05) is 5.32 Å². The molecule has 1 aromatic rings. The van der Waals surface area contributed by atoms with Crippen molar-refractivity contribution in [3.63, 3.8) is 0 Å². The number of hydrogen-bond acceptors (Lipinski definition) is 3. The van der Waals surface area contributed by atoms with Gasteiger partial charge < -0.3 is 11.1 Å². The number of hydrogen-bond donors (Lipinski definition) is 2. The molecule has 1 saturated carbocycles. The largest absolute Gasteiger partial charge is 0.328 e. The van der Waals surface area contributed by atoms with E-state index in [1.807, 2.05) is 0 Å². The Balaban J connectivity index is 2.00. The molecule has 0 heterocycles. The smallest absolute Gasteiger partial charge is 0.288 e. The van der Waals surface area contributed by atoms with E-state index in [0.29, 0.717) is 22.3 Å². The quantitative estimate of drug-likeness (QED) is 0.837. The van der Waals surface area contributed by atoms with Gasteiger partial charge in [-0.05, 0) is 37.8 Å². The monoisotopic (exact) mass is 300 g/mol. The van der Waals surface area contributed by atoms with Crippen molar-refractivity contribution in [3.05, 3.63) is 24.3 Å². The van der Waals surface area contributed by atoms with E-state index in [0.717, 1.165) is 25.7 Å². The van der Waals surface area contributed by atoms with Gasteiger partial charge in [-0.25, -0.2) is 0 Å². The first-order chi connectivity index (χ1) is 9.56. The summed E-state index contributed by atoms with van der Waals surface area (Å²) in [5.41, 5.74) is 6.27. The maximum absolute atomic E-state index is 12.5. The van der Waals surface area contributed by atoms with Gasteiger partial charge in [-0.3, -0.25) is 4.79 Å². The van der Waals surface area contributed by atoms with Crippen molar-refractivity contribution in [2.45, 2.75) is 42.4 Å². The first kappa shape index (κ1) is 15.3. The van der Waals surface area contributed by atoms with Crippen LogP contribution >= 0.6 is 11.8 Å². The minimum atomic E-state index is -2.50. The molecule has 1 fully saturated rings. The predicted octanol–water partition coefficient (Wildman–Crippen LogP) is 3.46. The van der Waals surface area contributed by atoms with Gasteiger partial charge in [0.1, 0.15) is 0 Å². The Morgan fingerprint density at radius 1 is 1.25 bits per heavy atom. The highest BCUT2D eigenvalue weighted by Crippen LogP contribution is 2.32. The lowest BCUT2D eigenvalue weighted by molar-refractivity contribution is -0.120. The average Bonchev–Trinajstić information content (AvgIpc) is 2.41. The minimum Gasteiger partial charge on any atom is -0.328 e. The normalized spacial score (nSPS) is 22.8. The van der Waals surface area contributed by atoms with Crippen molar-refractivity contribution in [2.24, 2.45) is 11.7 Å². The number of halogens is 2. The molecule has 0 saturated heterocycles. The Kier molecular flexibility index (Phi) is 5.37. The number of carbonyl (C=O) groups excluding carboxylic acids is 1. The van der Waals surface area contributed by atoms with E-state index in [2.05, 4.69) is 5.32 Å². The van der Waals surface area contributed by atoms with E-state index in [1.54, 1.807) is 24.3 Å². The van der Waals surface area contributed by atoms with Crippen molar-refractivity contribution < 1.29 is 13.6 Å². The molecule has 2 rings (SSSR count). The summed E-state index contributed by atoms with van der Waals surface area (Å²) in [5.74, 6) is -2.67. The Bertz CT molecular complexity index is 462. The Morgan fingerprint density at radius 2 is 1.90 bits per heavy atom. The summed E-state index contributed by atoms with van der Waals surface area (Å²) in [4.78, 5) is 12.6. The number of amides is 1. The topological polar surface area (TPSA) is 55.1 Å². The van der Waals surface area contributed by atoms with Crippen molar-refractivity contribution in [1.82, 2.24) is 0 Å². The number of rotatable bonds is 4. The SMILES string of the molecule is NC1CCC(C(=O)Nc2ccccc2SC(F)F)CC1. The summed E-state index contributed by atoms with van der Waals surface area (Å²) in [7, 11) is 0. The first-order valence-corrected chi connectivity index (χ1v) is 7.54. The molecule has 3 nitrogen and oxygen atoms in total. The summed E-state index contributed by atoms with van der Waals surface area (Å²) < 4.78 is 24.9. The van der Waals surface area contributed by atoms with E-state index in [-0.39, 0.29) is 17.9 Å². The number of para-hydroxylation sites is 1. The third-order valence-electron chi connectivity index (χ3n) is 3.50. The molecule has 1 aromatic carbocycles. The molecule has 0 radical (unpaired) electrons. The fourth-order valence-electron chi connectivity index (χ4n) is 2.38. The maximum Gasteiger partial charge on any atom is 0.288 e. The number of nitrogens with two attached hydrogens (primary N) is 1. The number of nitrogens with one attached hydrogen (secondary N) is 1. The van der Waals surface area contributed by atoms with Crippen LogP contribution in [-0.2, 0) is 4.79 Å². The van der Waals surface area contributed by atoms with Gasteiger partial charge >= 0.3 is 0 Å². The molecule has 20 heavy (non-hydrogen) atoms. The van der Waals surface area contributed by atoms with Crippen molar-refractivity contribution in [1.29, 1.82) is 0 Å². The second-order valence-corrected chi connectivity index (χ2v) is 6.01. The minimum absolute atomic E-state index is 0.0700. The Hall–Kier alpha value is -1.14. The van der Waals surface area contributed by atoms with Crippen LogP contribution in [-0.4, -0.2) is 17.7 Å². The fraction of sp³-hybridized carbons (Fsp3) is 0.500. The highest BCUT2D eigenvalue weighted by Gasteiger charge is 2.25. The van der Waals surface area contributed by atoms with E-state index >= 15 is 0 Å². The zero-order valence-corrected chi connectivity index (χ0v) is 11.8. The molecule has 3 N–H and O–H groups in total. The molecule has 110 valence electrons. The lowest BCUT2D eigenvalue weighted by Gasteiger charge is -2.25. The zero-order chi connectivity index (χ0) is 14.5. The highest BCUT2D eigenvalue weighted by molar-refractivity contribution is 7.99. The molecule has 0 atom stereocenters.